The van der Waals surface area contributed by atoms with Crippen LogP contribution >= 0.6 is 0 Å². The van der Waals surface area contributed by atoms with Crippen molar-refractivity contribution in [2.45, 2.75) is 0 Å². The zero-order valence-electron chi connectivity index (χ0n) is 13.8. The number of azo groups is 1. The van der Waals surface area contributed by atoms with Crippen molar-refractivity contribution in [2.75, 3.05) is 0 Å². The Morgan fingerprint density at radius 3 is 2.36 bits per heavy atom. The number of nitrogens with zero attached hydrogens (tertiary/aromatic N) is 4. The molecule has 2 aromatic heterocycles. The molecule has 4 aromatic rings. The van der Waals surface area contributed by atoms with E-state index in [9.17, 15) is 9.90 Å². The summed E-state index contributed by atoms with van der Waals surface area (Å²) < 4.78 is 3.50. The van der Waals surface area contributed by atoms with Crippen molar-refractivity contribution in [1.82, 2.24) is 9.13 Å². The van der Waals surface area contributed by atoms with E-state index in [0.717, 1.165) is 21.8 Å². The summed E-state index contributed by atoms with van der Waals surface area (Å²) in [5.74, 6) is -0.459. The second-order valence-electron chi connectivity index (χ2n) is 5.92. The predicted molar refractivity (Wildman–Crippen MR) is 96.3 cm³/mol. The monoisotopic (exact) mass is 332 g/mol. The van der Waals surface area contributed by atoms with Gasteiger partial charge in [0.05, 0.1) is 11.1 Å². The summed E-state index contributed by atoms with van der Waals surface area (Å²) in [6.45, 7) is 0. The van der Waals surface area contributed by atoms with Gasteiger partial charge in [0.1, 0.15) is 0 Å². The highest BCUT2D eigenvalue weighted by atomic mass is 16.3. The number of amides is 1. The molecule has 0 aliphatic carbocycles. The molecule has 0 saturated carbocycles. The van der Waals surface area contributed by atoms with Gasteiger partial charge in [-0.2, -0.15) is 0 Å². The Hall–Kier alpha value is -3.41. The largest absolute Gasteiger partial charge is 0.493 e. The van der Waals surface area contributed by atoms with Gasteiger partial charge in [-0.1, -0.05) is 36.4 Å². The van der Waals surface area contributed by atoms with E-state index in [1.165, 1.54) is 0 Å². The van der Waals surface area contributed by atoms with Crippen LogP contribution in [0.1, 0.15) is 10.4 Å². The molecule has 6 heteroatoms. The van der Waals surface area contributed by atoms with Gasteiger partial charge in [0.25, 0.3) is 5.91 Å². The second-order valence-corrected chi connectivity index (χ2v) is 5.92. The maximum Gasteiger partial charge on any atom is 0.297 e. The molecule has 2 aromatic carbocycles. The molecule has 1 N–H and O–H groups in total. The van der Waals surface area contributed by atoms with E-state index < -0.39 is 5.91 Å². The molecule has 0 aliphatic rings. The first-order valence-electron chi connectivity index (χ1n) is 7.84. The molecule has 0 bridgehead atoms. The molecule has 0 unspecified atom stereocenters. The van der Waals surface area contributed by atoms with Crippen LogP contribution in [0.25, 0.3) is 21.8 Å². The number of benzene rings is 2. The van der Waals surface area contributed by atoms with Crippen LogP contribution in [0.2, 0.25) is 0 Å². The Morgan fingerprint density at radius 2 is 1.60 bits per heavy atom. The average Bonchev–Trinajstić information content (AvgIpc) is 3.10. The number of para-hydroxylation sites is 2. The first-order valence-corrected chi connectivity index (χ1v) is 7.84. The number of carbonyl (C=O) groups is 1. The fourth-order valence-corrected chi connectivity index (χ4v) is 3.12. The van der Waals surface area contributed by atoms with Crippen LogP contribution in [-0.2, 0) is 14.1 Å². The standard InChI is InChI=1S/C19H16N4O2/c1-22-11-14(12-7-3-5-9-15(12)22)18(24)21-20-17-13-8-4-6-10-16(13)23(2)19(17)25/h3-11,25H,1-2H3. The van der Waals surface area contributed by atoms with E-state index >= 15 is 0 Å². The van der Waals surface area contributed by atoms with Gasteiger partial charge in [-0.15, -0.1) is 10.2 Å². The number of aromatic nitrogens is 2. The van der Waals surface area contributed by atoms with E-state index in [-0.39, 0.29) is 5.88 Å². The summed E-state index contributed by atoms with van der Waals surface area (Å²) in [6, 6.07) is 15.1. The lowest BCUT2D eigenvalue weighted by Gasteiger charge is -1.95. The number of rotatable bonds is 2. The molecule has 6 nitrogen and oxygen atoms in total. The van der Waals surface area contributed by atoms with E-state index in [4.69, 9.17) is 0 Å². The maximum atomic E-state index is 12.5. The lowest BCUT2D eigenvalue weighted by Crippen LogP contribution is -1.92. The molecule has 0 fully saturated rings. The van der Waals surface area contributed by atoms with Crippen LogP contribution in [0, 0.1) is 0 Å². The zero-order valence-corrected chi connectivity index (χ0v) is 13.8. The summed E-state index contributed by atoms with van der Waals surface area (Å²) >= 11 is 0. The van der Waals surface area contributed by atoms with Crippen LogP contribution < -0.4 is 0 Å². The summed E-state index contributed by atoms with van der Waals surface area (Å²) in [6.07, 6.45) is 1.75. The molecule has 0 radical (unpaired) electrons. The minimum absolute atomic E-state index is 0.0179. The van der Waals surface area contributed by atoms with Crippen molar-refractivity contribution >= 4 is 33.4 Å². The zero-order chi connectivity index (χ0) is 17.6. The minimum atomic E-state index is -0.441. The van der Waals surface area contributed by atoms with Crippen molar-refractivity contribution in [2.24, 2.45) is 24.3 Å². The van der Waals surface area contributed by atoms with Crippen LogP contribution in [0.4, 0.5) is 5.69 Å². The molecule has 4 rings (SSSR count). The SMILES string of the molecule is Cn1cc(C(=O)N=Nc2c(O)n(C)c3ccccc23)c2ccccc21. The number of hydrogen-bond donors (Lipinski definition) is 1. The van der Waals surface area contributed by atoms with E-state index in [2.05, 4.69) is 10.2 Å². The molecular weight excluding hydrogens is 316 g/mol. The summed E-state index contributed by atoms with van der Waals surface area (Å²) in [5.41, 5.74) is 2.56. The fraction of sp³-hybridized carbons (Fsp3) is 0.105. The van der Waals surface area contributed by atoms with Crippen molar-refractivity contribution in [3.8, 4) is 5.88 Å². The third-order valence-electron chi connectivity index (χ3n) is 4.42. The molecule has 0 atom stereocenters. The molecule has 0 spiro atoms. The molecule has 0 saturated heterocycles. The maximum absolute atomic E-state index is 12.5. The number of aromatic hydroxyl groups is 1. The van der Waals surface area contributed by atoms with E-state index in [1.807, 2.05) is 60.1 Å². The molecule has 25 heavy (non-hydrogen) atoms. The van der Waals surface area contributed by atoms with Gasteiger partial charge in [-0.3, -0.25) is 4.79 Å². The highest BCUT2D eigenvalue weighted by Gasteiger charge is 2.16. The molecular formula is C19H16N4O2. The lowest BCUT2D eigenvalue weighted by atomic mass is 10.2. The van der Waals surface area contributed by atoms with Crippen molar-refractivity contribution in [3.63, 3.8) is 0 Å². The van der Waals surface area contributed by atoms with Crippen LogP contribution in [-0.4, -0.2) is 20.1 Å². The van der Waals surface area contributed by atoms with Gasteiger partial charge in [-0.25, -0.2) is 0 Å². The molecule has 0 aliphatic heterocycles. The van der Waals surface area contributed by atoms with Crippen LogP contribution in [0.3, 0.4) is 0 Å². The number of aryl methyl sites for hydroxylation is 2. The number of hydrogen-bond acceptors (Lipinski definition) is 3. The topological polar surface area (TPSA) is 71.9 Å². The summed E-state index contributed by atoms with van der Waals surface area (Å²) in [7, 11) is 3.62. The third kappa shape index (κ3) is 2.30. The van der Waals surface area contributed by atoms with Crippen LogP contribution in [0.15, 0.2) is 65.0 Å². The van der Waals surface area contributed by atoms with Crippen molar-refractivity contribution < 1.29 is 9.90 Å². The smallest absolute Gasteiger partial charge is 0.297 e. The number of fused-ring (bicyclic) bond motifs is 2. The Bertz CT molecular complexity index is 1150. The Morgan fingerprint density at radius 1 is 0.960 bits per heavy atom. The fourth-order valence-electron chi connectivity index (χ4n) is 3.12. The first kappa shape index (κ1) is 15.1. The lowest BCUT2D eigenvalue weighted by molar-refractivity contribution is 0.0996. The molecule has 1 amide bonds. The van der Waals surface area contributed by atoms with Crippen molar-refractivity contribution in [1.29, 1.82) is 0 Å². The highest BCUT2D eigenvalue weighted by Crippen LogP contribution is 2.37. The van der Waals surface area contributed by atoms with E-state index in [0.29, 0.717) is 11.3 Å². The average molecular weight is 332 g/mol. The molecule has 124 valence electrons. The summed E-state index contributed by atoms with van der Waals surface area (Å²) in [4.78, 5) is 12.5. The Labute approximate surface area is 143 Å². The first-order chi connectivity index (χ1) is 12.1. The Kier molecular flexibility index (Phi) is 3.39. The Balaban J connectivity index is 1.77. The van der Waals surface area contributed by atoms with Gasteiger partial charge in [0, 0.05) is 36.6 Å². The summed E-state index contributed by atoms with van der Waals surface area (Å²) in [5, 5.41) is 19.7. The van der Waals surface area contributed by atoms with Crippen molar-refractivity contribution in [3.05, 3.63) is 60.3 Å². The minimum Gasteiger partial charge on any atom is -0.493 e. The highest BCUT2D eigenvalue weighted by molar-refractivity contribution is 6.07. The number of carbonyl (C=O) groups excluding carboxylic acids is 1. The second kappa shape index (κ2) is 5.59. The van der Waals surface area contributed by atoms with Gasteiger partial charge in [0.2, 0.25) is 5.88 Å². The predicted octanol–water partition coefficient (Wildman–Crippen LogP) is 4.30. The molecule has 2 heterocycles. The third-order valence-corrected chi connectivity index (χ3v) is 4.42. The quantitative estimate of drug-likeness (QED) is 0.556. The van der Waals surface area contributed by atoms with Crippen LogP contribution in [0.5, 0.6) is 5.88 Å². The van der Waals surface area contributed by atoms with Gasteiger partial charge >= 0.3 is 0 Å². The van der Waals surface area contributed by atoms with Gasteiger partial charge in [-0.05, 0) is 12.1 Å². The van der Waals surface area contributed by atoms with Gasteiger partial charge in [0.15, 0.2) is 5.69 Å². The van der Waals surface area contributed by atoms with E-state index in [1.54, 1.807) is 17.8 Å². The normalized spacial score (nSPS) is 11.8. The van der Waals surface area contributed by atoms with Gasteiger partial charge < -0.3 is 14.2 Å².